The first-order chi connectivity index (χ1) is 19.4. The number of sulfone groups is 1. The molecule has 42 heavy (non-hydrogen) atoms. The average molecular weight is 627 g/mol. The van der Waals surface area contributed by atoms with Crippen LogP contribution in [0.3, 0.4) is 0 Å². The van der Waals surface area contributed by atoms with Crippen molar-refractivity contribution in [2.75, 3.05) is 16.4 Å². The third-order valence-corrected chi connectivity index (χ3v) is 9.63. The summed E-state index contributed by atoms with van der Waals surface area (Å²) in [4.78, 5) is 31.4. The number of nitrogens with one attached hydrogen (secondary N) is 3. The van der Waals surface area contributed by atoms with Crippen molar-refractivity contribution in [3.63, 3.8) is 0 Å². The smallest absolute Gasteiger partial charge is 0.650 e. The van der Waals surface area contributed by atoms with Crippen LogP contribution in [0.5, 0.6) is 0 Å². The number of amides is 2. The van der Waals surface area contributed by atoms with Gasteiger partial charge in [-0.05, 0) is 43.2 Å². The zero-order valence-corrected chi connectivity index (χ0v) is 26.6. The summed E-state index contributed by atoms with van der Waals surface area (Å²) in [6.07, 6.45) is 2.13. The first kappa shape index (κ1) is 33.4. The molecule has 1 aromatic heterocycles. The Hall–Kier alpha value is -3.11. The Labute approximate surface area is 265 Å². The number of anilines is 4. The first-order valence-electron chi connectivity index (χ1n) is 12.7. The van der Waals surface area contributed by atoms with E-state index in [0.29, 0.717) is 29.8 Å². The predicted octanol–water partition coefficient (Wildman–Crippen LogP) is 0.689. The molecule has 0 bridgehead atoms. The molecule has 2 aromatic carbocycles. The molecule has 0 atom stereocenters. The number of hydrogen-bond acceptors (Lipinski definition) is 10. The van der Waals surface area contributed by atoms with E-state index in [-0.39, 0.29) is 76.6 Å². The molecule has 3 N–H and O–H groups in total. The number of carbonyl (C=O) groups is 2. The molecule has 1 aliphatic rings. The van der Waals surface area contributed by atoms with Gasteiger partial charge in [-0.25, -0.2) is 30.9 Å². The fraction of sp³-hybridized carbons (Fsp3) is 0.308. The van der Waals surface area contributed by atoms with Crippen molar-refractivity contribution in [2.45, 2.75) is 49.3 Å². The first-order valence-corrected chi connectivity index (χ1v) is 15.9. The van der Waals surface area contributed by atoms with E-state index in [2.05, 4.69) is 25.9 Å². The number of benzene rings is 2. The van der Waals surface area contributed by atoms with E-state index in [1.54, 1.807) is 30.3 Å². The molecular weight excluding hydrogens is 598 g/mol. The van der Waals surface area contributed by atoms with Crippen LogP contribution in [0.4, 0.5) is 27.5 Å². The van der Waals surface area contributed by atoms with Gasteiger partial charge < -0.3 is 20.7 Å². The van der Waals surface area contributed by atoms with E-state index < -0.39 is 37.5 Å². The number of sulfonamides is 1. The molecule has 0 aliphatic heterocycles. The maximum atomic E-state index is 14.4. The second-order valence-corrected chi connectivity index (χ2v) is 13.4. The van der Waals surface area contributed by atoms with Gasteiger partial charge in [0.15, 0.2) is 21.5 Å². The van der Waals surface area contributed by atoms with Crippen molar-refractivity contribution >= 4 is 54.8 Å². The van der Waals surface area contributed by atoms with Crippen molar-refractivity contribution in [1.29, 1.82) is 0 Å². The molecule has 12 nitrogen and oxygen atoms in total. The fourth-order valence-electron chi connectivity index (χ4n) is 3.58. The molecule has 218 valence electrons. The van der Waals surface area contributed by atoms with E-state index >= 15 is 0 Å². The van der Waals surface area contributed by atoms with Crippen molar-refractivity contribution < 1.29 is 60.4 Å². The molecule has 0 unspecified atom stereocenters. The third kappa shape index (κ3) is 9.46. The summed E-state index contributed by atoms with van der Waals surface area (Å²) in [5.41, 5.74) is 1.48. The molecule has 2 amide bonds. The van der Waals surface area contributed by atoms with E-state index in [1.165, 1.54) is 25.1 Å². The number of carbonyl (C=O) groups excluding carboxylic acids is 2. The van der Waals surface area contributed by atoms with Gasteiger partial charge in [0.1, 0.15) is 0 Å². The van der Waals surface area contributed by atoms with Crippen molar-refractivity contribution in [1.82, 2.24) is 14.7 Å². The van der Waals surface area contributed by atoms with Gasteiger partial charge in [-0.1, -0.05) is 30.7 Å². The molecule has 4 rings (SSSR count). The minimum Gasteiger partial charge on any atom is -0.650 e. The number of hydrogen-bond donors (Lipinski definition) is 3. The third-order valence-electron chi connectivity index (χ3n) is 6.00. The van der Waals surface area contributed by atoms with Gasteiger partial charge in [0.2, 0.25) is 11.9 Å². The van der Waals surface area contributed by atoms with E-state index in [4.69, 9.17) is 0 Å². The fourth-order valence-corrected chi connectivity index (χ4v) is 6.33. The van der Waals surface area contributed by atoms with Gasteiger partial charge in [0.05, 0.1) is 28.0 Å². The molecule has 0 spiro atoms. The van der Waals surface area contributed by atoms with Gasteiger partial charge >= 0.3 is 29.6 Å². The summed E-state index contributed by atoms with van der Waals surface area (Å²) in [6, 6.07) is 12.3. The molecule has 1 saturated carbocycles. The molecular formula is C26H28FN6NaO6S2. The van der Waals surface area contributed by atoms with Gasteiger partial charge in [-0.3, -0.25) is 4.79 Å². The largest absolute Gasteiger partial charge is 1.00 e. The Morgan fingerprint density at radius 3 is 2.40 bits per heavy atom. The maximum Gasteiger partial charge on any atom is 1.00 e. The van der Waals surface area contributed by atoms with Crippen LogP contribution in [0.1, 0.15) is 38.2 Å². The topological polar surface area (TPSA) is 178 Å². The maximum absolute atomic E-state index is 14.4. The number of aromatic nitrogens is 2. The molecule has 0 saturated heterocycles. The molecule has 3 aromatic rings. The zero-order chi connectivity index (χ0) is 29.6. The van der Waals surface area contributed by atoms with E-state index in [1.807, 2.05) is 4.72 Å². The summed E-state index contributed by atoms with van der Waals surface area (Å²) in [5.74, 6) is -2.21. The Bertz CT molecular complexity index is 1650. The van der Waals surface area contributed by atoms with Crippen LogP contribution >= 0.6 is 0 Å². The molecule has 1 heterocycles. The summed E-state index contributed by atoms with van der Waals surface area (Å²) >= 11 is 0. The number of rotatable bonds is 13. The van der Waals surface area contributed by atoms with Crippen molar-refractivity contribution in [3.05, 3.63) is 71.4 Å². The summed E-state index contributed by atoms with van der Waals surface area (Å²) < 4.78 is 65.0. The minimum absolute atomic E-state index is 0. The van der Waals surface area contributed by atoms with E-state index in [9.17, 15) is 30.8 Å². The molecule has 1 fully saturated rings. The monoisotopic (exact) mass is 626 g/mol. The Balaban J connectivity index is 0.00000484. The van der Waals surface area contributed by atoms with Crippen LogP contribution in [0.25, 0.3) is 5.32 Å². The van der Waals surface area contributed by atoms with Gasteiger partial charge in [0.25, 0.3) is 10.0 Å². The summed E-state index contributed by atoms with van der Waals surface area (Å²) in [7, 11) is -7.28. The second kappa shape index (κ2) is 14.4. The molecule has 16 heteroatoms. The van der Waals surface area contributed by atoms with Crippen molar-refractivity contribution in [3.8, 4) is 0 Å². The van der Waals surface area contributed by atoms with Gasteiger partial charge in [0, 0.05) is 24.2 Å². The van der Waals surface area contributed by atoms with Crippen LogP contribution in [-0.4, -0.2) is 49.6 Å². The van der Waals surface area contributed by atoms with Crippen LogP contribution in [0.2, 0.25) is 0 Å². The van der Waals surface area contributed by atoms with Crippen LogP contribution < -0.4 is 44.9 Å². The summed E-state index contributed by atoms with van der Waals surface area (Å²) in [5, 5.41) is 9.27. The van der Waals surface area contributed by atoms with E-state index in [0.717, 1.165) is 6.20 Å². The average Bonchev–Trinajstić information content (AvgIpc) is 3.80. The van der Waals surface area contributed by atoms with Crippen LogP contribution in [0.15, 0.2) is 59.6 Å². The Kier molecular flexibility index (Phi) is 11.4. The Morgan fingerprint density at radius 1 is 1.02 bits per heavy atom. The minimum atomic E-state index is -4.07. The molecule has 0 radical (unpaired) electrons. The molecule has 1 aliphatic carbocycles. The zero-order valence-electron chi connectivity index (χ0n) is 23.0. The van der Waals surface area contributed by atoms with Gasteiger partial charge in [-0.15, -0.1) is 6.54 Å². The Morgan fingerprint density at radius 2 is 1.74 bits per heavy atom. The van der Waals surface area contributed by atoms with Crippen LogP contribution in [-0.2, 0) is 36.0 Å². The second-order valence-electron chi connectivity index (χ2n) is 9.27. The number of nitrogens with zero attached hydrogens (tertiary/aromatic N) is 3. The summed E-state index contributed by atoms with van der Waals surface area (Å²) in [6.45, 7) is 1.61. The quantitative estimate of drug-likeness (QED) is 0.229. The SMILES string of the molecule is CCC(=O)NS(=O)(=O)c1cccc(Nc2ncc(F)c(Nc3ccc(C[N-]C(=O)CCS(=O)(=O)C4CC4)cc3)n2)c1.[Na+]. The van der Waals surface area contributed by atoms with Crippen LogP contribution in [0, 0.1) is 5.82 Å². The standard InChI is InChI=1S/C26H29FN6O6S2.Na/c1-2-23(34)33-41(38,39)21-5-3-4-19(14-21)31-26-29-16-22(27)25(32-26)30-18-8-6-17(7-9-18)15-28-24(35)12-13-40(36,37)20-10-11-20;/h3-9,14,16,20H,2,10-13,15H2,1H3,(H4,28,29,30,31,32,33,34,35);/q;+1/p-1. The van der Waals surface area contributed by atoms with Gasteiger partial charge in [-0.2, -0.15) is 4.98 Å². The number of halogens is 1. The normalized spacial score (nSPS) is 13.0. The van der Waals surface area contributed by atoms with Crippen molar-refractivity contribution in [2.24, 2.45) is 0 Å². The predicted molar refractivity (Wildman–Crippen MR) is 151 cm³/mol.